The molecule has 3 atom stereocenters. The smallest absolute Gasteiger partial charge is 0.237 e. The number of hydrogen-bond donors (Lipinski definition) is 2. The highest BCUT2D eigenvalue weighted by Crippen LogP contribution is 2.40. The summed E-state index contributed by atoms with van der Waals surface area (Å²) in [4.78, 5) is 11.9. The Morgan fingerprint density at radius 3 is 3.06 bits per heavy atom. The zero-order valence-corrected chi connectivity index (χ0v) is 10.5. The van der Waals surface area contributed by atoms with E-state index >= 15 is 0 Å². The van der Waals surface area contributed by atoms with Crippen LogP contribution in [0.4, 0.5) is 4.39 Å². The molecule has 2 fully saturated rings. The maximum atomic E-state index is 13.6. The molecule has 1 heterocycles. The first-order chi connectivity index (χ1) is 8.65. The first kappa shape index (κ1) is 11.9. The van der Waals surface area contributed by atoms with E-state index in [2.05, 4.69) is 10.6 Å². The van der Waals surface area contributed by atoms with Gasteiger partial charge in [-0.05, 0) is 24.8 Å². The third-order valence-electron chi connectivity index (χ3n) is 3.68. The van der Waals surface area contributed by atoms with Gasteiger partial charge in [0.15, 0.2) is 0 Å². The van der Waals surface area contributed by atoms with Gasteiger partial charge < -0.3 is 10.6 Å². The molecule has 1 aliphatic heterocycles. The van der Waals surface area contributed by atoms with Gasteiger partial charge in [0.25, 0.3) is 0 Å². The van der Waals surface area contributed by atoms with Gasteiger partial charge in [0.05, 0.1) is 11.1 Å². The van der Waals surface area contributed by atoms with E-state index in [1.54, 1.807) is 12.1 Å². The molecule has 2 aliphatic rings. The van der Waals surface area contributed by atoms with Gasteiger partial charge in [-0.15, -0.1) is 0 Å². The summed E-state index contributed by atoms with van der Waals surface area (Å²) >= 11 is 5.68. The maximum absolute atomic E-state index is 13.6. The lowest BCUT2D eigenvalue weighted by Gasteiger charge is -2.13. The van der Waals surface area contributed by atoms with E-state index in [0.29, 0.717) is 17.5 Å². The first-order valence-corrected chi connectivity index (χ1v) is 6.49. The fraction of sp³-hybridized carbons (Fsp3) is 0.462. The Morgan fingerprint density at radius 1 is 1.50 bits per heavy atom. The molecule has 3 rings (SSSR count). The molecule has 0 spiro atoms. The lowest BCUT2D eigenvalue weighted by atomic mass is 10.1. The molecule has 1 aromatic carbocycles. The number of rotatable bonds is 3. The van der Waals surface area contributed by atoms with Crippen molar-refractivity contribution in [1.29, 1.82) is 0 Å². The van der Waals surface area contributed by atoms with Crippen LogP contribution in [0.2, 0.25) is 5.02 Å². The zero-order valence-electron chi connectivity index (χ0n) is 9.75. The van der Waals surface area contributed by atoms with E-state index in [4.69, 9.17) is 11.6 Å². The van der Waals surface area contributed by atoms with Crippen molar-refractivity contribution in [2.45, 2.75) is 31.5 Å². The van der Waals surface area contributed by atoms with Crippen LogP contribution in [-0.2, 0) is 11.3 Å². The number of carbonyl (C=O) groups is 1. The highest BCUT2D eigenvalue weighted by molar-refractivity contribution is 6.30. The zero-order chi connectivity index (χ0) is 12.7. The summed E-state index contributed by atoms with van der Waals surface area (Å²) in [5.74, 6) is 0.159. The van der Waals surface area contributed by atoms with E-state index in [1.165, 1.54) is 12.5 Å². The van der Waals surface area contributed by atoms with Gasteiger partial charge in [-0.3, -0.25) is 4.79 Å². The molecule has 0 radical (unpaired) electrons. The monoisotopic (exact) mass is 268 g/mol. The van der Waals surface area contributed by atoms with Gasteiger partial charge >= 0.3 is 0 Å². The molecular formula is C13H14ClFN2O. The Kier molecular flexibility index (Phi) is 2.99. The van der Waals surface area contributed by atoms with Crippen molar-refractivity contribution in [2.75, 3.05) is 0 Å². The Hall–Kier alpha value is -1.13. The summed E-state index contributed by atoms with van der Waals surface area (Å²) in [5, 5.41) is 6.09. The third kappa shape index (κ3) is 2.22. The highest BCUT2D eigenvalue weighted by atomic mass is 35.5. The maximum Gasteiger partial charge on any atom is 0.237 e. The Balaban J connectivity index is 1.57. The average molecular weight is 269 g/mol. The molecule has 96 valence electrons. The number of fused-ring (bicyclic) bond motifs is 1. The van der Waals surface area contributed by atoms with Crippen LogP contribution >= 0.6 is 11.6 Å². The van der Waals surface area contributed by atoms with Crippen molar-refractivity contribution in [3.8, 4) is 0 Å². The fourth-order valence-electron chi connectivity index (χ4n) is 2.51. The standard InChI is InChI=1S/C13H14ClFN2O/c14-9-3-1-2-7(12(9)15)6-16-13(18)11-5-8-4-10(8)17-11/h1-3,8,10-11,17H,4-6H2,(H,16,18). The molecule has 3 nitrogen and oxygen atoms in total. The van der Waals surface area contributed by atoms with E-state index in [0.717, 1.165) is 6.42 Å². The van der Waals surface area contributed by atoms with Gasteiger partial charge in [0.1, 0.15) is 5.82 Å². The predicted octanol–water partition coefficient (Wildman–Crippen LogP) is 1.85. The Morgan fingerprint density at radius 2 is 2.33 bits per heavy atom. The lowest BCUT2D eigenvalue weighted by molar-refractivity contribution is -0.123. The molecule has 2 N–H and O–H groups in total. The number of benzene rings is 1. The number of nitrogens with one attached hydrogen (secondary N) is 2. The minimum atomic E-state index is -0.457. The van der Waals surface area contributed by atoms with E-state index in [-0.39, 0.29) is 23.5 Å². The summed E-state index contributed by atoms with van der Waals surface area (Å²) < 4.78 is 13.6. The minimum Gasteiger partial charge on any atom is -0.351 e. The quantitative estimate of drug-likeness (QED) is 0.878. The van der Waals surface area contributed by atoms with Crippen LogP contribution in [0, 0.1) is 11.7 Å². The summed E-state index contributed by atoms with van der Waals surface area (Å²) in [6.07, 6.45) is 2.08. The number of piperidine rings is 1. The molecule has 3 unspecified atom stereocenters. The predicted molar refractivity (Wildman–Crippen MR) is 66.7 cm³/mol. The first-order valence-electron chi connectivity index (χ1n) is 6.12. The number of hydrogen-bond acceptors (Lipinski definition) is 2. The van der Waals surface area contributed by atoms with Crippen molar-refractivity contribution >= 4 is 17.5 Å². The SMILES string of the molecule is O=C(NCc1cccc(Cl)c1F)C1CC2CC2N1. The van der Waals surface area contributed by atoms with E-state index < -0.39 is 5.82 Å². The molecular weight excluding hydrogens is 255 g/mol. The van der Waals surface area contributed by atoms with Gasteiger partial charge in [0, 0.05) is 18.2 Å². The fourth-order valence-corrected chi connectivity index (χ4v) is 2.71. The topological polar surface area (TPSA) is 41.1 Å². The second-order valence-corrected chi connectivity index (χ2v) is 5.40. The normalized spacial score (nSPS) is 28.9. The van der Waals surface area contributed by atoms with Crippen molar-refractivity contribution in [1.82, 2.24) is 10.6 Å². The molecule has 5 heteroatoms. The average Bonchev–Trinajstić information content (AvgIpc) is 2.97. The Bertz CT molecular complexity index is 484. The second-order valence-electron chi connectivity index (χ2n) is 4.99. The van der Waals surface area contributed by atoms with Crippen LogP contribution in [0.5, 0.6) is 0 Å². The van der Waals surface area contributed by atoms with Gasteiger partial charge in [-0.1, -0.05) is 23.7 Å². The summed E-state index contributed by atoms with van der Waals surface area (Å²) in [7, 11) is 0. The second kappa shape index (κ2) is 4.52. The summed E-state index contributed by atoms with van der Waals surface area (Å²) in [6.45, 7) is 0.179. The summed E-state index contributed by atoms with van der Waals surface area (Å²) in [6, 6.07) is 5.21. The minimum absolute atomic E-state index is 0.0541. The van der Waals surface area contributed by atoms with Crippen molar-refractivity contribution in [3.05, 3.63) is 34.6 Å². The number of amides is 1. The number of halogens is 2. The van der Waals surface area contributed by atoms with Crippen molar-refractivity contribution in [3.63, 3.8) is 0 Å². The van der Waals surface area contributed by atoms with Crippen LogP contribution in [-0.4, -0.2) is 18.0 Å². The van der Waals surface area contributed by atoms with Crippen LogP contribution < -0.4 is 10.6 Å². The molecule has 18 heavy (non-hydrogen) atoms. The third-order valence-corrected chi connectivity index (χ3v) is 3.97. The van der Waals surface area contributed by atoms with Crippen LogP contribution in [0.25, 0.3) is 0 Å². The Labute approximate surface area is 110 Å². The molecule has 1 saturated heterocycles. The highest BCUT2D eigenvalue weighted by Gasteiger charge is 2.47. The van der Waals surface area contributed by atoms with Crippen LogP contribution in [0.15, 0.2) is 18.2 Å². The molecule has 1 aromatic rings. The van der Waals surface area contributed by atoms with Crippen LogP contribution in [0.1, 0.15) is 18.4 Å². The number of carbonyl (C=O) groups excluding carboxylic acids is 1. The molecule has 0 bridgehead atoms. The molecule has 1 saturated carbocycles. The van der Waals surface area contributed by atoms with Gasteiger partial charge in [-0.2, -0.15) is 0 Å². The van der Waals surface area contributed by atoms with Crippen molar-refractivity contribution in [2.24, 2.45) is 5.92 Å². The van der Waals surface area contributed by atoms with Gasteiger partial charge in [-0.25, -0.2) is 4.39 Å². The molecule has 1 amide bonds. The molecule has 1 aliphatic carbocycles. The van der Waals surface area contributed by atoms with E-state index in [9.17, 15) is 9.18 Å². The van der Waals surface area contributed by atoms with Crippen LogP contribution in [0.3, 0.4) is 0 Å². The molecule has 0 aromatic heterocycles. The lowest BCUT2D eigenvalue weighted by Crippen LogP contribution is -2.41. The largest absolute Gasteiger partial charge is 0.351 e. The van der Waals surface area contributed by atoms with E-state index in [1.807, 2.05) is 0 Å². The summed E-state index contributed by atoms with van der Waals surface area (Å²) in [5.41, 5.74) is 0.416. The van der Waals surface area contributed by atoms with Crippen molar-refractivity contribution < 1.29 is 9.18 Å². The van der Waals surface area contributed by atoms with Gasteiger partial charge in [0.2, 0.25) is 5.91 Å².